The lowest BCUT2D eigenvalue weighted by atomic mass is 9.85. The summed E-state index contributed by atoms with van der Waals surface area (Å²) in [5.41, 5.74) is 0. The Labute approximate surface area is 207 Å². The maximum Gasteiger partial charge on any atom is 0.385 e. The van der Waals surface area contributed by atoms with Crippen LogP contribution >= 0.6 is 0 Å². The maximum atomic E-state index is 13.5. The van der Waals surface area contributed by atoms with Crippen LogP contribution in [0.1, 0.15) is 6.92 Å². The van der Waals surface area contributed by atoms with Crippen molar-refractivity contribution in [1.29, 1.82) is 0 Å². The largest absolute Gasteiger partial charge is 0.385 e. The number of hydrogen-bond acceptors (Lipinski definition) is 2. The van der Waals surface area contributed by atoms with E-state index in [1.165, 1.54) is 0 Å². The zero-order valence-electron chi connectivity index (χ0n) is 18.7. The number of hydrogen-bond donors (Lipinski definition) is 0. The molecule has 2 fully saturated rings. The van der Waals surface area contributed by atoms with Crippen LogP contribution in [-0.2, 0) is 9.47 Å². The third-order valence-electron chi connectivity index (χ3n) is 5.33. The van der Waals surface area contributed by atoms with Crippen LogP contribution in [-0.4, -0.2) is 91.8 Å². The Morgan fingerprint density at radius 2 is 0.775 bits per heavy atom. The lowest BCUT2D eigenvalue weighted by Crippen LogP contribution is -2.76. The van der Waals surface area contributed by atoms with E-state index in [1.54, 1.807) is 0 Å². The molecule has 240 valence electrons. The summed E-state index contributed by atoms with van der Waals surface area (Å²) in [4.78, 5) is 0. The lowest BCUT2D eigenvalue weighted by molar-refractivity contribution is -0.464. The van der Waals surface area contributed by atoms with Gasteiger partial charge in [0, 0.05) is 5.92 Å². The summed E-state index contributed by atoms with van der Waals surface area (Å²) in [6.45, 7) is 0.473. The lowest BCUT2D eigenvalue weighted by Gasteiger charge is -2.44. The molecule has 0 aromatic carbocycles. The van der Waals surface area contributed by atoms with Crippen molar-refractivity contribution in [1.82, 2.24) is 0 Å². The smallest absolute Gasteiger partial charge is 0.381 e. The van der Waals surface area contributed by atoms with Gasteiger partial charge in [-0.3, -0.25) is 0 Å². The highest BCUT2D eigenvalue weighted by Crippen LogP contribution is 2.65. The van der Waals surface area contributed by atoms with Crippen molar-refractivity contribution in [3.8, 4) is 0 Å². The molecule has 2 saturated heterocycles. The molecule has 0 aliphatic carbocycles. The van der Waals surface area contributed by atoms with Gasteiger partial charge in [-0.15, -0.1) is 0 Å². The standard InChI is InChI=1S/C13H5F21O.C4H8O/c14-2-3(15)6(19,20)8(23,24)10(27,28)12(31,32)13(33,34)11(29,30)9(25,26)7(21,22)4(16)35-1-5(2,17)18;1-4-2-5-3-4/h2-4H,1H2;4H,2-3H2,1H3. The summed E-state index contributed by atoms with van der Waals surface area (Å²) in [5, 5.41) is 0. The average molecular weight is 648 g/mol. The molecule has 0 N–H and O–H groups in total. The molecule has 0 amide bonds. The van der Waals surface area contributed by atoms with Crippen molar-refractivity contribution in [2.45, 2.75) is 78.9 Å². The molecule has 0 saturated carbocycles. The van der Waals surface area contributed by atoms with E-state index in [4.69, 9.17) is 4.74 Å². The fourth-order valence-electron chi connectivity index (χ4n) is 2.64. The van der Waals surface area contributed by atoms with Gasteiger partial charge in [-0.1, -0.05) is 6.92 Å². The molecule has 3 atom stereocenters. The van der Waals surface area contributed by atoms with Gasteiger partial charge < -0.3 is 9.47 Å². The first-order valence-corrected chi connectivity index (χ1v) is 9.85. The van der Waals surface area contributed by atoms with Crippen LogP contribution in [0.5, 0.6) is 0 Å². The van der Waals surface area contributed by atoms with Crippen LogP contribution in [0, 0.1) is 5.92 Å². The molecule has 2 aliphatic heterocycles. The van der Waals surface area contributed by atoms with Crippen molar-refractivity contribution < 1.29 is 102 Å². The summed E-state index contributed by atoms with van der Waals surface area (Å²) in [7, 11) is 0. The number of ether oxygens (including phenoxy) is 2. The summed E-state index contributed by atoms with van der Waals surface area (Å²) in [5.74, 6) is -73.8. The molecule has 3 unspecified atom stereocenters. The van der Waals surface area contributed by atoms with Gasteiger partial charge in [0.05, 0.1) is 13.2 Å². The summed E-state index contributed by atoms with van der Waals surface area (Å²) >= 11 is 0. The first-order valence-electron chi connectivity index (χ1n) is 9.85. The Morgan fingerprint density at radius 3 is 1.07 bits per heavy atom. The highest BCUT2D eigenvalue weighted by atomic mass is 19.4. The molecule has 0 radical (unpaired) electrons. The molecular weight excluding hydrogens is 635 g/mol. The minimum atomic E-state index is -9.00. The molecule has 2 aliphatic rings. The van der Waals surface area contributed by atoms with E-state index < -0.39 is 78.6 Å². The zero-order chi connectivity index (χ0) is 32.3. The fourth-order valence-corrected chi connectivity index (χ4v) is 2.64. The van der Waals surface area contributed by atoms with E-state index in [0.29, 0.717) is 0 Å². The number of halogens is 21. The van der Waals surface area contributed by atoms with Crippen LogP contribution in [0.4, 0.5) is 92.2 Å². The molecular formula is C17H13F21O2. The van der Waals surface area contributed by atoms with E-state index in [2.05, 4.69) is 11.7 Å². The van der Waals surface area contributed by atoms with Gasteiger partial charge in [-0.25, -0.2) is 22.0 Å². The molecule has 0 spiro atoms. The van der Waals surface area contributed by atoms with Crippen LogP contribution in [0.2, 0.25) is 0 Å². The van der Waals surface area contributed by atoms with Crippen LogP contribution in [0.25, 0.3) is 0 Å². The second kappa shape index (κ2) is 10.3. The van der Waals surface area contributed by atoms with E-state index in [9.17, 15) is 92.2 Å². The number of rotatable bonds is 0. The molecule has 40 heavy (non-hydrogen) atoms. The fraction of sp³-hybridized carbons (Fsp3) is 1.00. The van der Waals surface area contributed by atoms with Crippen LogP contribution in [0.15, 0.2) is 0 Å². The zero-order valence-corrected chi connectivity index (χ0v) is 18.7. The van der Waals surface area contributed by atoms with Gasteiger partial charge >= 0.3 is 53.3 Å². The monoisotopic (exact) mass is 648 g/mol. The van der Waals surface area contributed by atoms with Gasteiger partial charge in [0.1, 0.15) is 6.61 Å². The van der Waals surface area contributed by atoms with Crippen LogP contribution in [0.3, 0.4) is 0 Å². The van der Waals surface area contributed by atoms with Crippen molar-refractivity contribution in [3.05, 3.63) is 0 Å². The highest BCUT2D eigenvalue weighted by molar-refractivity contribution is 5.17. The van der Waals surface area contributed by atoms with Gasteiger partial charge in [-0.2, -0.15) is 70.2 Å². The summed E-state index contributed by atoms with van der Waals surface area (Å²) in [6, 6.07) is 0. The minimum Gasteiger partial charge on any atom is -0.381 e. The Morgan fingerprint density at radius 1 is 0.475 bits per heavy atom. The SMILES string of the molecule is CC1COC1.FC1C(F)C(F)(F)C(F)(F)C(F)(F)C(F)(F)C(F)(F)C(F)(F)C(F)(F)C(F)(F)C(F)OCC1(F)F. The third-order valence-corrected chi connectivity index (χ3v) is 5.33. The van der Waals surface area contributed by atoms with Gasteiger partial charge in [0.25, 0.3) is 6.36 Å². The maximum absolute atomic E-state index is 13.5. The molecule has 0 aromatic heterocycles. The number of alkyl halides is 21. The quantitative estimate of drug-likeness (QED) is 0.256. The van der Waals surface area contributed by atoms with E-state index in [1.807, 2.05) is 0 Å². The summed E-state index contributed by atoms with van der Waals surface area (Å²) in [6.07, 6.45) is -17.6. The summed E-state index contributed by atoms with van der Waals surface area (Å²) < 4.78 is 289. The normalized spacial score (nSPS) is 35.7. The Bertz CT molecular complexity index is 882. The molecule has 0 bridgehead atoms. The molecule has 0 aromatic rings. The second-order valence-electron chi connectivity index (χ2n) is 8.53. The molecule has 2 heterocycles. The predicted molar refractivity (Wildman–Crippen MR) is 85.1 cm³/mol. The molecule has 23 heteroatoms. The molecule has 2 rings (SSSR count). The Kier molecular flexibility index (Phi) is 9.41. The van der Waals surface area contributed by atoms with Crippen molar-refractivity contribution >= 4 is 0 Å². The minimum absolute atomic E-state index is 0.843. The Hall–Kier alpha value is -1.55. The van der Waals surface area contributed by atoms with E-state index in [-0.39, 0.29) is 0 Å². The van der Waals surface area contributed by atoms with Crippen molar-refractivity contribution in [2.75, 3.05) is 19.8 Å². The first kappa shape index (κ1) is 36.5. The third kappa shape index (κ3) is 5.03. The topological polar surface area (TPSA) is 18.5 Å². The molecule has 2 nitrogen and oxygen atoms in total. The second-order valence-corrected chi connectivity index (χ2v) is 8.53. The average Bonchev–Trinajstić information content (AvgIpc) is 2.78. The first-order chi connectivity index (χ1) is 17.3. The predicted octanol–water partition coefficient (Wildman–Crippen LogP) is 7.36. The Balaban J connectivity index is 0.00000143. The van der Waals surface area contributed by atoms with Crippen molar-refractivity contribution in [2.24, 2.45) is 5.92 Å². The highest BCUT2D eigenvalue weighted by Gasteiger charge is 2.96. The van der Waals surface area contributed by atoms with Gasteiger partial charge in [0.15, 0.2) is 0 Å². The van der Waals surface area contributed by atoms with E-state index >= 15 is 0 Å². The van der Waals surface area contributed by atoms with Crippen molar-refractivity contribution in [3.63, 3.8) is 0 Å². The van der Waals surface area contributed by atoms with E-state index in [0.717, 1.165) is 19.1 Å². The van der Waals surface area contributed by atoms with Gasteiger partial charge in [0.2, 0.25) is 12.3 Å². The van der Waals surface area contributed by atoms with Crippen LogP contribution < -0.4 is 0 Å². The van der Waals surface area contributed by atoms with Gasteiger partial charge in [-0.05, 0) is 0 Å².